The smallest absolute Gasteiger partial charge is 0.318 e. The Balaban J connectivity index is 0.00000225. The number of esters is 1. The van der Waals surface area contributed by atoms with Gasteiger partial charge in [0.25, 0.3) is 0 Å². The standard InChI is InChI=1S/C20H23NO2S.ClH/c1-3-21(4-2)13-14-23-20(22)19-15-9-5-7-11-17(15)24-18-12-8-6-10-16(18)19;/h5-12,19H,3-4,13-14H2,1-2H3;1H. The van der Waals surface area contributed by atoms with Crippen molar-refractivity contribution in [1.82, 2.24) is 4.90 Å². The summed E-state index contributed by atoms with van der Waals surface area (Å²) in [6.07, 6.45) is 0. The van der Waals surface area contributed by atoms with Crippen LogP contribution in [0.3, 0.4) is 0 Å². The molecule has 0 amide bonds. The quantitative estimate of drug-likeness (QED) is 0.688. The molecule has 2 aromatic rings. The van der Waals surface area contributed by atoms with Crippen LogP contribution in [-0.2, 0) is 9.53 Å². The molecule has 1 aliphatic heterocycles. The molecule has 0 unspecified atom stereocenters. The number of nitrogens with zero attached hydrogens (tertiary/aromatic N) is 1. The van der Waals surface area contributed by atoms with Gasteiger partial charge < -0.3 is 9.64 Å². The van der Waals surface area contributed by atoms with Crippen LogP contribution in [0.2, 0.25) is 0 Å². The first-order chi connectivity index (χ1) is 11.7. The predicted molar refractivity (Wildman–Crippen MR) is 105 cm³/mol. The number of rotatable bonds is 6. The molecule has 0 N–H and O–H groups in total. The summed E-state index contributed by atoms with van der Waals surface area (Å²) in [5.74, 6) is -0.474. The lowest BCUT2D eigenvalue weighted by Gasteiger charge is -2.26. The topological polar surface area (TPSA) is 29.5 Å². The summed E-state index contributed by atoms with van der Waals surface area (Å²) in [7, 11) is 0. The Kier molecular flexibility index (Phi) is 7.36. The Bertz CT molecular complexity index is 673. The number of fused-ring (bicyclic) bond motifs is 2. The van der Waals surface area contributed by atoms with Crippen molar-refractivity contribution in [3.63, 3.8) is 0 Å². The van der Waals surface area contributed by atoms with Crippen LogP contribution in [-0.4, -0.2) is 37.1 Å². The first-order valence-corrected chi connectivity index (χ1v) is 9.31. The molecule has 2 aromatic carbocycles. The third-order valence-electron chi connectivity index (χ3n) is 4.46. The Morgan fingerprint density at radius 3 is 2.04 bits per heavy atom. The van der Waals surface area contributed by atoms with Crippen LogP contribution in [0.5, 0.6) is 0 Å². The molecule has 0 atom stereocenters. The number of carbonyl (C=O) groups is 1. The normalized spacial score (nSPS) is 12.9. The maximum atomic E-state index is 12.8. The number of halogens is 1. The van der Waals surface area contributed by atoms with E-state index >= 15 is 0 Å². The molecule has 134 valence electrons. The van der Waals surface area contributed by atoms with Crippen molar-refractivity contribution in [2.75, 3.05) is 26.2 Å². The molecular formula is C20H24ClNO2S. The van der Waals surface area contributed by atoms with Crippen molar-refractivity contribution < 1.29 is 9.53 Å². The molecule has 1 aliphatic rings. The van der Waals surface area contributed by atoms with E-state index in [1.165, 1.54) is 0 Å². The van der Waals surface area contributed by atoms with Crippen LogP contribution in [0, 0.1) is 0 Å². The first-order valence-electron chi connectivity index (χ1n) is 8.49. The van der Waals surface area contributed by atoms with E-state index in [1.807, 2.05) is 36.4 Å². The number of benzene rings is 2. The monoisotopic (exact) mass is 377 g/mol. The zero-order chi connectivity index (χ0) is 16.9. The highest BCUT2D eigenvalue weighted by atomic mass is 35.5. The van der Waals surface area contributed by atoms with Crippen LogP contribution in [0.15, 0.2) is 58.3 Å². The van der Waals surface area contributed by atoms with Gasteiger partial charge in [0, 0.05) is 16.3 Å². The van der Waals surface area contributed by atoms with E-state index in [1.54, 1.807) is 11.8 Å². The van der Waals surface area contributed by atoms with Gasteiger partial charge in [0.05, 0.1) is 0 Å². The molecule has 0 saturated carbocycles. The average molecular weight is 378 g/mol. The Labute approximate surface area is 160 Å². The largest absolute Gasteiger partial charge is 0.464 e. The molecule has 5 heteroatoms. The van der Waals surface area contributed by atoms with E-state index in [0.29, 0.717) is 6.61 Å². The molecule has 0 radical (unpaired) electrons. The molecule has 0 aliphatic carbocycles. The lowest BCUT2D eigenvalue weighted by molar-refractivity contribution is -0.144. The Morgan fingerprint density at radius 1 is 1.00 bits per heavy atom. The summed E-state index contributed by atoms with van der Waals surface area (Å²) in [5.41, 5.74) is 2.10. The number of likely N-dealkylation sites (N-methyl/N-ethyl adjacent to an activating group) is 1. The minimum absolute atomic E-state index is 0. The predicted octanol–water partition coefficient (Wildman–Crippen LogP) is 4.59. The zero-order valence-electron chi connectivity index (χ0n) is 14.6. The van der Waals surface area contributed by atoms with Gasteiger partial charge in [0.2, 0.25) is 0 Å². The van der Waals surface area contributed by atoms with Gasteiger partial charge in [-0.15, -0.1) is 12.4 Å². The Morgan fingerprint density at radius 2 is 1.52 bits per heavy atom. The number of hydrogen-bond donors (Lipinski definition) is 0. The van der Waals surface area contributed by atoms with E-state index in [9.17, 15) is 4.79 Å². The van der Waals surface area contributed by atoms with Gasteiger partial charge in [-0.25, -0.2) is 0 Å². The van der Waals surface area contributed by atoms with Crippen molar-refractivity contribution >= 4 is 30.1 Å². The first kappa shape index (κ1) is 19.8. The summed E-state index contributed by atoms with van der Waals surface area (Å²) >= 11 is 1.72. The minimum Gasteiger partial charge on any atom is -0.464 e. The van der Waals surface area contributed by atoms with Gasteiger partial charge in [0.1, 0.15) is 12.5 Å². The van der Waals surface area contributed by atoms with Crippen LogP contribution >= 0.6 is 24.2 Å². The number of hydrogen-bond acceptors (Lipinski definition) is 4. The fourth-order valence-electron chi connectivity index (χ4n) is 3.06. The molecular weight excluding hydrogens is 354 g/mol. The molecule has 3 nitrogen and oxygen atoms in total. The molecule has 1 heterocycles. The lowest BCUT2D eigenvalue weighted by atomic mass is 9.91. The van der Waals surface area contributed by atoms with Gasteiger partial charge in [-0.05, 0) is 36.3 Å². The summed E-state index contributed by atoms with van der Waals surface area (Å²) in [4.78, 5) is 17.4. The number of carbonyl (C=O) groups excluding carboxylic acids is 1. The Hall–Kier alpha value is -1.49. The van der Waals surface area contributed by atoms with Crippen LogP contribution < -0.4 is 0 Å². The third-order valence-corrected chi connectivity index (χ3v) is 5.65. The molecule has 0 fully saturated rings. The lowest BCUT2D eigenvalue weighted by Crippen LogP contribution is -2.29. The van der Waals surface area contributed by atoms with Gasteiger partial charge >= 0.3 is 5.97 Å². The highest BCUT2D eigenvalue weighted by Gasteiger charge is 2.32. The fraction of sp³-hybridized carbons (Fsp3) is 0.350. The summed E-state index contributed by atoms with van der Waals surface area (Å²) in [6, 6.07) is 16.2. The second-order valence-electron chi connectivity index (χ2n) is 5.81. The maximum Gasteiger partial charge on any atom is 0.318 e. The van der Waals surface area contributed by atoms with Crippen molar-refractivity contribution in [3.8, 4) is 0 Å². The highest BCUT2D eigenvalue weighted by molar-refractivity contribution is 7.99. The van der Waals surface area contributed by atoms with Crippen LogP contribution in [0.4, 0.5) is 0 Å². The highest BCUT2D eigenvalue weighted by Crippen LogP contribution is 2.45. The third kappa shape index (κ3) is 4.38. The second kappa shape index (κ2) is 9.27. The molecule has 25 heavy (non-hydrogen) atoms. The molecule has 3 rings (SSSR count). The van der Waals surface area contributed by atoms with Crippen LogP contribution in [0.25, 0.3) is 0 Å². The zero-order valence-corrected chi connectivity index (χ0v) is 16.2. The van der Waals surface area contributed by atoms with Crippen molar-refractivity contribution in [1.29, 1.82) is 0 Å². The van der Waals surface area contributed by atoms with Gasteiger partial charge in [-0.1, -0.05) is 62.0 Å². The van der Waals surface area contributed by atoms with Crippen molar-refractivity contribution in [2.45, 2.75) is 29.6 Å². The maximum absolute atomic E-state index is 12.8. The van der Waals surface area contributed by atoms with E-state index in [0.717, 1.165) is 40.6 Å². The summed E-state index contributed by atoms with van der Waals surface area (Å²) in [5, 5.41) is 0. The summed E-state index contributed by atoms with van der Waals surface area (Å²) in [6.45, 7) is 7.41. The van der Waals surface area contributed by atoms with Crippen molar-refractivity contribution in [2.24, 2.45) is 0 Å². The van der Waals surface area contributed by atoms with E-state index < -0.39 is 0 Å². The van der Waals surface area contributed by atoms with Crippen molar-refractivity contribution in [3.05, 3.63) is 59.7 Å². The van der Waals surface area contributed by atoms with Gasteiger partial charge in [-0.2, -0.15) is 0 Å². The van der Waals surface area contributed by atoms with Gasteiger partial charge in [-0.3, -0.25) is 4.79 Å². The van der Waals surface area contributed by atoms with E-state index in [2.05, 4.69) is 30.9 Å². The van der Waals surface area contributed by atoms with Crippen LogP contribution in [0.1, 0.15) is 30.9 Å². The van der Waals surface area contributed by atoms with Gasteiger partial charge in [0.15, 0.2) is 0 Å². The SMILES string of the molecule is CCN(CC)CCOC(=O)C1c2ccccc2Sc2ccccc21.Cl. The second-order valence-corrected chi connectivity index (χ2v) is 6.89. The number of ether oxygens (including phenoxy) is 1. The molecule has 0 saturated heterocycles. The molecule has 0 spiro atoms. The average Bonchev–Trinajstić information content (AvgIpc) is 2.63. The molecule has 0 aromatic heterocycles. The fourth-order valence-corrected chi connectivity index (χ4v) is 4.20. The van der Waals surface area contributed by atoms with E-state index in [-0.39, 0.29) is 24.3 Å². The van der Waals surface area contributed by atoms with E-state index in [4.69, 9.17) is 4.74 Å². The molecule has 0 bridgehead atoms. The minimum atomic E-state index is -0.324. The summed E-state index contributed by atoms with van der Waals surface area (Å²) < 4.78 is 5.64.